The normalized spacial score (nSPS) is 12.1. The van der Waals surface area contributed by atoms with Gasteiger partial charge in [-0.15, -0.1) is 11.8 Å². The summed E-state index contributed by atoms with van der Waals surface area (Å²) in [6.45, 7) is 2.17. The van der Waals surface area contributed by atoms with E-state index in [4.69, 9.17) is 15.2 Å². The first kappa shape index (κ1) is 19.1. The summed E-state index contributed by atoms with van der Waals surface area (Å²) in [6.07, 6.45) is 3.69. The molecule has 9 heteroatoms. The quantitative estimate of drug-likeness (QED) is 0.378. The maximum absolute atomic E-state index is 5.80. The van der Waals surface area contributed by atoms with Crippen LogP contribution in [0.4, 0.5) is 11.6 Å². The fourth-order valence-corrected chi connectivity index (χ4v) is 3.88. The van der Waals surface area contributed by atoms with Crippen LogP contribution >= 0.6 is 11.8 Å². The predicted octanol–water partition coefficient (Wildman–Crippen LogP) is 3.33. The number of nitrogens with zero attached hydrogens (tertiary/aromatic N) is 3. The van der Waals surface area contributed by atoms with Crippen molar-refractivity contribution in [3.8, 4) is 11.5 Å². The van der Waals surface area contributed by atoms with Crippen molar-refractivity contribution >= 4 is 34.6 Å². The Bertz CT molecular complexity index is 901. The van der Waals surface area contributed by atoms with Gasteiger partial charge < -0.3 is 25.5 Å². The Morgan fingerprint density at radius 1 is 1.22 bits per heavy atom. The number of fused-ring (bicyclic) bond motifs is 1. The monoisotopic (exact) mass is 388 g/mol. The molecule has 3 rings (SSSR count). The second kappa shape index (κ2) is 8.81. The van der Waals surface area contributed by atoms with E-state index in [2.05, 4.69) is 32.2 Å². The number of hydrogen-bond acceptors (Lipinski definition) is 8. The molecule has 0 spiro atoms. The molecule has 2 heterocycles. The summed E-state index contributed by atoms with van der Waals surface area (Å²) < 4.78 is 10.7. The molecule has 8 nitrogen and oxygen atoms in total. The summed E-state index contributed by atoms with van der Waals surface area (Å²) in [5.74, 6) is 2.47. The number of H-pyrrole nitrogens is 1. The molecule has 0 radical (unpaired) electrons. The third-order valence-electron chi connectivity index (χ3n) is 4.08. The highest BCUT2D eigenvalue weighted by Gasteiger charge is 2.14. The highest BCUT2D eigenvalue weighted by Crippen LogP contribution is 2.31. The molecule has 27 heavy (non-hydrogen) atoms. The van der Waals surface area contributed by atoms with E-state index in [9.17, 15) is 0 Å². The van der Waals surface area contributed by atoms with Gasteiger partial charge in [0, 0.05) is 23.5 Å². The molecule has 2 aromatic heterocycles. The van der Waals surface area contributed by atoms with Gasteiger partial charge in [-0.25, -0.2) is 9.97 Å². The molecule has 3 aromatic rings. The summed E-state index contributed by atoms with van der Waals surface area (Å²) in [5, 5.41) is 4.39. The third-order valence-corrected chi connectivity index (χ3v) is 5.22. The second-order valence-electron chi connectivity index (χ2n) is 6.00. The number of ether oxygens (including phenoxy) is 2. The lowest BCUT2D eigenvalue weighted by Crippen LogP contribution is -2.22. The van der Waals surface area contributed by atoms with Crippen LogP contribution in [0.3, 0.4) is 0 Å². The molecule has 0 saturated carbocycles. The Morgan fingerprint density at radius 2 is 2.04 bits per heavy atom. The van der Waals surface area contributed by atoms with E-state index in [0.29, 0.717) is 17.1 Å². The second-order valence-corrected chi connectivity index (χ2v) is 7.01. The Balaban J connectivity index is 1.73. The highest BCUT2D eigenvalue weighted by atomic mass is 32.2. The van der Waals surface area contributed by atoms with Crippen molar-refractivity contribution in [1.82, 2.24) is 19.9 Å². The van der Waals surface area contributed by atoms with Gasteiger partial charge in [0.2, 0.25) is 5.95 Å². The Labute approximate surface area is 162 Å². The van der Waals surface area contributed by atoms with Gasteiger partial charge in [0.1, 0.15) is 10.5 Å². The first-order chi connectivity index (χ1) is 13.1. The maximum atomic E-state index is 5.80. The van der Waals surface area contributed by atoms with Gasteiger partial charge in [-0.3, -0.25) is 0 Å². The maximum Gasteiger partial charge on any atom is 0.223 e. The molecule has 0 saturated heterocycles. The van der Waals surface area contributed by atoms with Crippen molar-refractivity contribution in [3.63, 3.8) is 0 Å². The molecule has 0 aliphatic rings. The molecule has 144 valence electrons. The molecule has 0 unspecified atom stereocenters. The van der Waals surface area contributed by atoms with Gasteiger partial charge in [-0.05, 0) is 18.6 Å². The molecular weight excluding hydrogens is 364 g/mol. The van der Waals surface area contributed by atoms with Crippen LogP contribution in [-0.2, 0) is 0 Å². The molecule has 0 aliphatic carbocycles. The topological polar surface area (TPSA) is 111 Å². The van der Waals surface area contributed by atoms with Gasteiger partial charge in [0.05, 0.1) is 20.5 Å². The zero-order chi connectivity index (χ0) is 19.2. The van der Waals surface area contributed by atoms with E-state index in [1.807, 2.05) is 18.2 Å². The summed E-state index contributed by atoms with van der Waals surface area (Å²) in [4.78, 5) is 15.7. The van der Waals surface area contributed by atoms with Crippen molar-refractivity contribution in [1.29, 1.82) is 0 Å². The average Bonchev–Trinajstić information content (AvgIpc) is 3.14. The number of nitrogens with one attached hydrogen (secondary N) is 2. The first-order valence-corrected chi connectivity index (χ1v) is 9.71. The van der Waals surface area contributed by atoms with Crippen LogP contribution in [0.1, 0.15) is 19.8 Å². The zero-order valence-corrected chi connectivity index (χ0v) is 16.5. The Kier molecular flexibility index (Phi) is 6.23. The standard InChI is InChI=1S/C18H24N6O2S/c1-4-5-12(22-11-6-7-13(25-2)14(8-11)26-3)9-27-17-15-16(21-10-20-15)23-18(19)24-17/h6-8,10,12,22H,4-5,9H2,1-3H3,(H3,19,20,21,23,24)/t12-/m0/s1. The van der Waals surface area contributed by atoms with E-state index in [1.54, 1.807) is 32.3 Å². The van der Waals surface area contributed by atoms with E-state index in [0.717, 1.165) is 34.8 Å². The SMILES string of the molecule is CCC[C@@H](CSc1nc(N)nc2nc[nH]c12)Nc1ccc(OC)c(OC)c1. The Hall–Kier alpha value is -2.68. The molecule has 0 bridgehead atoms. The summed E-state index contributed by atoms with van der Waals surface area (Å²) >= 11 is 1.63. The van der Waals surface area contributed by atoms with Gasteiger partial charge in [-0.1, -0.05) is 13.3 Å². The molecule has 0 amide bonds. The lowest BCUT2D eigenvalue weighted by molar-refractivity contribution is 0.355. The molecule has 4 N–H and O–H groups in total. The van der Waals surface area contributed by atoms with Crippen molar-refractivity contribution in [2.45, 2.75) is 30.8 Å². The van der Waals surface area contributed by atoms with Crippen LogP contribution in [0.2, 0.25) is 0 Å². The predicted molar refractivity (Wildman–Crippen MR) is 109 cm³/mol. The van der Waals surface area contributed by atoms with Crippen LogP contribution < -0.4 is 20.5 Å². The van der Waals surface area contributed by atoms with Crippen LogP contribution in [-0.4, -0.2) is 46.0 Å². The number of hydrogen-bond donors (Lipinski definition) is 3. The number of imidazole rings is 1. The fraction of sp³-hybridized carbons (Fsp3) is 0.389. The summed E-state index contributed by atoms with van der Waals surface area (Å²) in [7, 11) is 3.27. The van der Waals surface area contributed by atoms with Gasteiger partial charge in [-0.2, -0.15) is 4.98 Å². The van der Waals surface area contributed by atoms with Crippen LogP contribution in [0.15, 0.2) is 29.6 Å². The van der Waals surface area contributed by atoms with E-state index >= 15 is 0 Å². The van der Waals surface area contributed by atoms with Crippen molar-refractivity contribution in [2.24, 2.45) is 0 Å². The Morgan fingerprint density at radius 3 is 2.78 bits per heavy atom. The highest BCUT2D eigenvalue weighted by molar-refractivity contribution is 7.99. The number of aromatic nitrogens is 4. The summed E-state index contributed by atoms with van der Waals surface area (Å²) in [5.41, 5.74) is 8.19. The minimum Gasteiger partial charge on any atom is -0.493 e. The number of rotatable bonds is 9. The minimum absolute atomic E-state index is 0.233. The molecular formula is C18H24N6O2S. The van der Waals surface area contributed by atoms with Crippen LogP contribution in [0.5, 0.6) is 11.5 Å². The van der Waals surface area contributed by atoms with E-state index < -0.39 is 0 Å². The number of benzene rings is 1. The lowest BCUT2D eigenvalue weighted by atomic mass is 10.2. The number of methoxy groups -OCH3 is 2. The smallest absolute Gasteiger partial charge is 0.223 e. The first-order valence-electron chi connectivity index (χ1n) is 8.72. The van der Waals surface area contributed by atoms with Gasteiger partial charge in [0.25, 0.3) is 0 Å². The molecule has 1 atom stereocenters. The van der Waals surface area contributed by atoms with Gasteiger partial charge in [0.15, 0.2) is 17.1 Å². The number of thioether (sulfide) groups is 1. The zero-order valence-electron chi connectivity index (χ0n) is 15.7. The van der Waals surface area contributed by atoms with E-state index in [-0.39, 0.29) is 12.0 Å². The number of aromatic amines is 1. The molecule has 0 aliphatic heterocycles. The number of anilines is 2. The lowest BCUT2D eigenvalue weighted by Gasteiger charge is -2.20. The average molecular weight is 388 g/mol. The van der Waals surface area contributed by atoms with Crippen LogP contribution in [0.25, 0.3) is 11.2 Å². The molecule has 1 aromatic carbocycles. The summed E-state index contributed by atoms with van der Waals surface area (Å²) in [6, 6.07) is 6.09. The van der Waals surface area contributed by atoms with Crippen molar-refractivity contribution in [2.75, 3.05) is 31.0 Å². The third kappa shape index (κ3) is 4.54. The molecule has 0 fully saturated rings. The van der Waals surface area contributed by atoms with E-state index in [1.165, 1.54) is 0 Å². The largest absolute Gasteiger partial charge is 0.493 e. The number of nitrogens with two attached hydrogens (primary N) is 1. The van der Waals surface area contributed by atoms with Crippen molar-refractivity contribution in [3.05, 3.63) is 24.5 Å². The fourth-order valence-electron chi connectivity index (χ4n) is 2.81. The van der Waals surface area contributed by atoms with Crippen LogP contribution in [0, 0.1) is 0 Å². The van der Waals surface area contributed by atoms with Gasteiger partial charge >= 0.3 is 0 Å². The minimum atomic E-state index is 0.233. The van der Waals surface area contributed by atoms with Crippen molar-refractivity contribution < 1.29 is 9.47 Å². The number of nitrogen functional groups attached to an aromatic ring is 1.